The average Bonchev–Trinajstić information content (AvgIpc) is 2.25. The Balaban J connectivity index is 2.12. The fraction of sp³-hybridized carbons (Fsp3) is 0.182. The molecule has 2 rings (SSSR count). The Bertz CT molecular complexity index is 386. The summed E-state index contributed by atoms with van der Waals surface area (Å²) in [6.07, 6.45) is 7.12. The lowest BCUT2D eigenvalue weighted by Crippen LogP contribution is -2.42. The van der Waals surface area contributed by atoms with Crippen molar-refractivity contribution in [2.24, 2.45) is 5.73 Å². The predicted molar refractivity (Wildman–Crippen MR) is 57.6 cm³/mol. The van der Waals surface area contributed by atoms with Crippen LogP contribution in [0.2, 0.25) is 0 Å². The molecule has 0 amide bonds. The molecule has 0 radical (unpaired) electrons. The maximum atomic E-state index is 5.86. The molecule has 78 valence electrons. The molecule has 1 aromatic heterocycles. The smallest absolute Gasteiger partial charge is 0.246 e. The first kappa shape index (κ1) is 9.73. The van der Waals surface area contributed by atoms with Crippen LogP contribution in [0.15, 0.2) is 48.3 Å². The van der Waals surface area contributed by atoms with Gasteiger partial charge in [-0.15, -0.1) is 0 Å². The first-order valence-electron chi connectivity index (χ1n) is 4.76. The molecule has 4 nitrogen and oxygen atoms in total. The number of allylic oxidation sites excluding steroid dienone is 3. The summed E-state index contributed by atoms with van der Waals surface area (Å²) < 4.78 is 0. The van der Waals surface area contributed by atoms with Gasteiger partial charge < -0.3 is 10.6 Å². The van der Waals surface area contributed by atoms with Crippen LogP contribution in [0.5, 0.6) is 5.88 Å². The molecule has 1 atom stereocenters. The molecule has 0 aliphatic carbocycles. The van der Waals surface area contributed by atoms with E-state index in [0.717, 1.165) is 5.70 Å². The van der Waals surface area contributed by atoms with Crippen LogP contribution >= 0.6 is 0 Å². The highest BCUT2D eigenvalue weighted by Gasteiger charge is 2.16. The van der Waals surface area contributed by atoms with E-state index in [-0.39, 0.29) is 6.17 Å². The first-order valence-corrected chi connectivity index (χ1v) is 4.76. The van der Waals surface area contributed by atoms with Crippen LogP contribution in [0.3, 0.4) is 0 Å². The summed E-state index contributed by atoms with van der Waals surface area (Å²) in [5.41, 5.74) is 6.82. The standard InChI is InChI=1S/C11H13N3O/c1-9-5-4-6-10(12)14(9)15-11-7-2-3-8-13-11/h2-8,10H,12H2,1H3. The molecule has 0 spiro atoms. The quantitative estimate of drug-likeness (QED) is 0.790. The summed E-state index contributed by atoms with van der Waals surface area (Å²) in [4.78, 5) is 9.63. The number of hydroxylamine groups is 2. The van der Waals surface area contributed by atoms with E-state index in [1.807, 2.05) is 37.3 Å². The largest absolute Gasteiger partial charge is 0.358 e. The second kappa shape index (κ2) is 4.14. The van der Waals surface area contributed by atoms with Crippen molar-refractivity contribution in [2.75, 3.05) is 0 Å². The third kappa shape index (κ3) is 2.16. The molecule has 15 heavy (non-hydrogen) atoms. The molecule has 1 aliphatic heterocycles. The Kier molecular flexibility index (Phi) is 2.69. The van der Waals surface area contributed by atoms with Crippen LogP contribution in [0, 0.1) is 0 Å². The van der Waals surface area contributed by atoms with Crippen LogP contribution < -0.4 is 10.6 Å². The topological polar surface area (TPSA) is 51.4 Å². The normalized spacial score (nSPS) is 20.0. The molecule has 2 heterocycles. The molecule has 0 bridgehead atoms. The van der Waals surface area contributed by atoms with Crippen molar-refractivity contribution in [3.8, 4) is 5.88 Å². The van der Waals surface area contributed by atoms with Gasteiger partial charge in [0, 0.05) is 12.3 Å². The van der Waals surface area contributed by atoms with E-state index in [4.69, 9.17) is 10.6 Å². The Morgan fingerprint density at radius 1 is 1.47 bits per heavy atom. The molecule has 0 saturated heterocycles. The van der Waals surface area contributed by atoms with Gasteiger partial charge in [0.25, 0.3) is 0 Å². The summed E-state index contributed by atoms with van der Waals surface area (Å²) >= 11 is 0. The van der Waals surface area contributed by atoms with E-state index in [1.165, 1.54) is 0 Å². The van der Waals surface area contributed by atoms with Crippen molar-refractivity contribution in [1.29, 1.82) is 0 Å². The van der Waals surface area contributed by atoms with Gasteiger partial charge in [-0.25, -0.2) is 4.98 Å². The Hall–Kier alpha value is -1.81. The minimum absolute atomic E-state index is 0.267. The fourth-order valence-corrected chi connectivity index (χ4v) is 1.33. The molecule has 2 N–H and O–H groups in total. The summed E-state index contributed by atoms with van der Waals surface area (Å²) in [6.45, 7) is 1.94. The van der Waals surface area contributed by atoms with Gasteiger partial charge in [-0.2, -0.15) is 5.06 Å². The van der Waals surface area contributed by atoms with Gasteiger partial charge in [-0.05, 0) is 25.1 Å². The van der Waals surface area contributed by atoms with Crippen molar-refractivity contribution in [1.82, 2.24) is 10.0 Å². The summed E-state index contributed by atoms with van der Waals surface area (Å²) in [5.74, 6) is 0.538. The third-order valence-electron chi connectivity index (χ3n) is 2.09. The van der Waals surface area contributed by atoms with Crippen LogP contribution in [-0.4, -0.2) is 16.2 Å². The average molecular weight is 203 g/mol. The fourth-order valence-electron chi connectivity index (χ4n) is 1.33. The van der Waals surface area contributed by atoms with Crippen LogP contribution in [-0.2, 0) is 0 Å². The predicted octanol–water partition coefficient (Wildman–Crippen LogP) is 1.44. The van der Waals surface area contributed by atoms with Gasteiger partial charge in [-0.3, -0.25) is 0 Å². The maximum Gasteiger partial charge on any atom is 0.246 e. The number of hydrogen-bond acceptors (Lipinski definition) is 4. The molecular weight excluding hydrogens is 190 g/mol. The Morgan fingerprint density at radius 3 is 3.00 bits per heavy atom. The van der Waals surface area contributed by atoms with E-state index in [2.05, 4.69) is 4.98 Å². The zero-order valence-corrected chi connectivity index (χ0v) is 8.50. The molecule has 4 heteroatoms. The van der Waals surface area contributed by atoms with Crippen LogP contribution in [0.4, 0.5) is 0 Å². The number of rotatable bonds is 2. The SMILES string of the molecule is CC1=CC=CC(N)N1Oc1ccccn1. The Labute approximate surface area is 88.6 Å². The van der Waals surface area contributed by atoms with Gasteiger partial charge in [-0.1, -0.05) is 12.1 Å². The number of aromatic nitrogens is 1. The van der Waals surface area contributed by atoms with Crippen LogP contribution in [0.1, 0.15) is 6.92 Å². The lowest BCUT2D eigenvalue weighted by atomic mass is 10.3. The molecule has 1 unspecified atom stereocenters. The van der Waals surface area contributed by atoms with Gasteiger partial charge in [0.1, 0.15) is 6.17 Å². The highest BCUT2D eigenvalue weighted by molar-refractivity contribution is 5.18. The van der Waals surface area contributed by atoms with Crippen molar-refractivity contribution in [2.45, 2.75) is 13.1 Å². The summed E-state index contributed by atoms with van der Waals surface area (Å²) in [7, 11) is 0. The minimum atomic E-state index is -0.267. The van der Waals surface area contributed by atoms with E-state index >= 15 is 0 Å². The van der Waals surface area contributed by atoms with Crippen LogP contribution in [0.25, 0.3) is 0 Å². The lowest BCUT2D eigenvalue weighted by Gasteiger charge is -2.29. The van der Waals surface area contributed by atoms with E-state index in [9.17, 15) is 0 Å². The van der Waals surface area contributed by atoms with Crippen molar-refractivity contribution < 1.29 is 4.84 Å². The third-order valence-corrected chi connectivity index (χ3v) is 2.09. The highest BCUT2D eigenvalue weighted by Crippen LogP contribution is 2.15. The van der Waals surface area contributed by atoms with Gasteiger partial charge >= 0.3 is 0 Å². The van der Waals surface area contributed by atoms with Gasteiger partial charge in [0.2, 0.25) is 5.88 Å². The lowest BCUT2D eigenvalue weighted by molar-refractivity contribution is -0.0501. The molecular formula is C11H13N3O. The monoisotopic (exact) mass is 203 g/mol. The zero-order valence-electron chi connectivity index (χ0n) is 8.50. The molecule has 0 saturated carbocycles. The maximum absolute atomic E-state index is 5.86. The van der Waals surface area contributed by atoms with Gasteiger partial charge in [0.15, 0.2) is 0 Å². The zero-order chi connectivity index (χ0) is 10.7. The molecule has 0 fully saturated rings. The summed E-state index contributed by atoms with van der Waals surface area (Å²) in [5, 5.41) is 1.63. The van der Waals surface area contributed by atoms with E-state index < -0.39 is 0 Å². The number of hydrogen-bond donors (Lipinski definition) is 1. The molecule has 1 aromatic rings. The van der Waals surface area contributed by atoms with Crippen molar-refractivity contribution >= 4 is 0 Å². The summed E-state index contributed by atoms with van der Waals surface area (Å²) in [6, 6.07) is 5.50. The number of nitrogens with zero attached hydrogens (tertiary/aromatic N) is 2. The second-order valence-corrected chi connectivity index (χ2v) is 3.27. The van der Waals surface area contributed by atoms with Gasteiger partial charge in [0.05, 0.1) is 5.70 Å². The van der Waals surface area contributed by atoms with E-state index in [1.54, 1.807) is 17.3 Å². The first-order chi connectivity index (χ1) is 7.27. The highest BCUT2D eigenvalue weighted by atomic mass is 16.7. The van der Waals surface area contributed by atoms with E-state index in [0.29, 0.717) is 5.88 Å². The number of pyridine rings is 1. The minimum Gasteiger partial charge on any atom is -0.358 e. The van der Waals surface area contributed by atoms with Crippen molar-refractivity contribution in [3.63, 3.8) is 0 Å². The Morgan fingerprint density at radius 2 is 2.33 bits per heavy atom. The molecule has 1 aliphatic rings. The second-order valence-electron chi connectivity index (χ2n) is 3.27. The number of nitrogens with two attached hydrogens (primary N) is 1. The molecule has 0 aromatic carbocycles. The van der Waals surface area contributed by atoms with Crippen molar-refractivity contribution in [3.05, 3.63) is 48.3 Å².